The molecule has 25 heavy (non-hydrogen) atoms. The van der Waals surface area contributed by atoms with Gasteiger partial charge in [0, 0.05) is 55.8 Å². The first-order chi connectivity index (χ1) is 12.1. The average Bonchev–Trinajstić information content (AvgIpc) is 3.08. The summed E-state index contributed by atoms with van der Waals surface area (Å²) in [5.41, 5.74) is 3.42. The molecule has 0 saturated carbocycles. The molecular formula is C19H22N4OS. The Kier molecular flexibility index (Phi) is 5.28. The zero-order valence-electron chi connectivity index (χ0n) is 14.9. The normalized spacial score (nSPS) is 10.7. The van der Waals surface area contributed by atoms with Crippen LogP contribution in [0.2, 0.25) is 0 Å². The Bertz CT molecular complexity index is 860. The number of hydrogen-bond acceptors (Lipinski definition) is 5. The Balaban J connectivity index is 1.85. The van der Waals surface area contributed by atoms with Gasteiger partial charge in [-0.2, -0.15) is 0 Å². The Hall–Kier alpha value is -2.47. The number of methoxy groups -OCH3 is 1. The number of benzene rings is 1. The second-order valence-corrected chi connectivity index (χ2v) is 6.84. The van der Waals surface area contributed by atoms with Crippen molar-refractivity contribution in [3.05, 3.63) is 60.0 Å². The maximum Gasteiger partial charge on any atom is 0.174 e. The van der Waals surface area contributed by atoms with Gasteiger partial charge in [0.2, 0.25) is 0 Å². The third-order valence-corrected chi connectivity index (χ3v) is 4.85. The maximum absolute atomic E-state index is 5.36. The van der Waals surface area contributed by atoms with Gasteiger partial charge in [-0.1, -0.05) is 30.0 Å². The topological polar surface area (TPSA) is 43.2 Å². The molecule has 130 valence electrons. The van der Waals surface area contributed by atoms with Crippen LogP contribution in [0.4, 0.5) is 5.69 Å². The smallest absolute Gasteiger partial charge is 0.174 e. The Morgan fingerprint density at radius 1 is 1.20 bits per heavy atom. The number of anilines is 1. The number of aromatic nitrogens is 3. The summed E-state index contributed by atoms with van der Waals surface area (Å²) in [5.74, 6) is 2.46. The van der Waals surface area contributed by atoms with E-state index in [2.05, 4.69) is 53.2 Å². The summed E-state index contributed by atoms with van der Waals surface area (Å²) in [5, 5.41) is 0.911. The van der Waals surface area contributed by atoms with Gasteiger partial charge in [-0.05, 0) is 18.6 Å². The molecule has 0 atom stereocenters. The van der Waals surface area contributed by atoms with E-state index < -0.39 is 0 Å². The predicted octanol–water partition coefficient (Wildman–Crippen LogP) is 3.94. The number of hydrogen-bond donors (Lipinski definition) is 0. The van der Waals surface area contributed by atoms with Crippen LogP contribution in [0.5, 0.6) is 5.75 Å². The third kappa shape index (κ3) is 3.96. The van der Waals surface area contributed by atoms with E-state index in [0.29, 0.717) is 0 Å². The lowest BCUT2D eigenvalue weighted by atomic mass is 10.2. The number of ether oxygens (including phenoxy) is 1. The number of imidazole rings is 1. The van der Waals surface area contributed by atoms with E-state index in [1.54, 1.807) is 25.1 Å². The summed E-state index contributed by atoms with van der Waals surface area (Å²) < 4.78 is 7.36. The van der Waals surface area contributed by atoms with E-state index in [0.717, 1.165) is 28.2 Å². The van der Waals surface area contributed by atoms with Gasteiger partial charge in [-0.3, -0.25) is 4.57 Å². The van der Waals surface area contributed by atoms with Crippen LogP contribution in [0.3, 0.4) is 0 Å². The molecule has 0 bridgehead atoms. The van der Waals surface area contributed by atoms with Gasteiger partial charge in [0.05, 0.1) is 7.11 Å². The standard InChI is InChI=1S/C19H22N4OS/c1-14-11-16(24-4)12-18(21-14)23-10-9-20-19(23)25-13-15-7-5-6-8-17(15)22(2)3/h5-12H,13H2,1-4H3. The second-order valence-electron chi connectivity index (χ2n) is 5.90. The van der Waals surface area contributed by atoms with Crippen LogP contribution in [0.25, 0.3) is 5.82 Å². The van der Waals surface area contributed by atoms with Crippen LogP contribution < -0.4 is 9.64 Å². The molecule has 0 spiro atoms. The highest BCUT2D eigenvalue weighted by Gasteiger charge is 2.11. The van der Waals surface area contributed by atoms with Gasteiger partial charge in [0.1, 0.15) is 11.6 Å². The van der Waals surface area contributed by atoms with Crippen LogP contribution in [0, 0.1) is 6.92 Å². The number of rotatable bonds is 6. The van der Waals surface area contributed by atoms with Gasteiger partial charge < -0.3 is 9.64 Å². The summed E-state index contributed by atoms with van der Waals surface area (Å²) in [6.45, 7) is 1.96. The average molecular weight is 354 g/mol. The first-order valence-corrected chi connectivity index (χ1v) is 9.01. The molecule has 1 aromatic carbocycles. The fourth-order valence-electron chi connectivity index (χ4n) is 2.64. The van der Waals surface area contributed by atoms with E-state index in [1.165, 1.54) is 11.3 Å². The SMILES string of the molecule is COc1cc(C)nc(-n2ccnc2SCc2ccccc2N(C)C)c1. The largest absolute Gasteiger partial charge is 0.497 e. The van der Waals surface area contributed by atoms with E-state index in [-0.39, 0.29) is 0 Å². The van der Waals surface area contributed by atoms with Gasteiger partial charge in [0.15, 0.2) is 5.16 Å². The first-order valence-electron chi connectivity index (χ1n) is 8.03. The molecule has 0 radical (unpaired) electrons. The summed E-state index contributed by atoms with van der Waals surface area (Å²) in [6.07, 6.45) is 3.73. The van der Waals surface area contributed by atoms with Crippen molar-refractivity contribution in [1.82, 2.24) is 14.5 Å². The van der Waals surface area contributed by atoms with Crippen molar-refractivity contribution in [3.8, 4) is 11.6 Å². The zero-order valence-corrected chi connectivity index (χ0v) is 15.7. The van der Waals surface area contributed by atoms with Crippen molar-refractivity contribution in [2.45, 2.75) is 17.8 Å². The molecule has 0 aliphatic rings. The molecule has 3 aromatic rings. The number of pyridine rings is 1. The highest BCUT2D eigenvalue weighted by molar-refractivity contribution is 7.98. The lowest BCUT2D eigenvalue weighted by molar-refractivity contribution is 0.413. The van der Waals surface area contributed by atoms with Crippen LogP contribution in [0.1, 0.15) is 11.3 Å². The minimum Gasteiger partial charge on any atom is -0.497 e. The van der Waals surface area contributed by atoms with Crippen molar-refractivity contribution >= 4 is 17.4 Å². The molecule has 0 fully saturated rings. The molecule has 0 amide bonds. The molecule has 5 nitrogen and oxygen atoms in total. The molecule has 2 heterocycles. The van der Waals surface area contributed by atoms with E-state index in [1.807, 2.05) is 29.8 Å². The maximum atomic E-state index is 5.36. The number of aryl methyl sites for hydroxylation is 1. The minimum atomic E-state index is 0.796. The fraction of sp³-hybridized carbons (Fsp3) is 0.263. The molecular weight excluding hydrogens is 332 g/mol. The minimum absolute atomic E-state index is 0.796. The lowest BCUT2D eigenvalue weighted by Crippen LogP contribution is -2.10. The van der Waals surface area contributed by atoms with Crippen LogP contribution in [-0.4, -0.2) is 35.7 Å². The summed E-state index contributed by atoms with van der Waals surface area (Å²) in [6, 6.07) is 12.3. The van der Waals surface area contributed by atoms with Gasteiger partial charge >= 0.3 is 0 Å². The molecule has 0 aliphatic carbocycles. The second kappa shape index (κ2) is 7.61. The van der Waals surface area contributed by atoms with Crippen molar-refractivity contribution in [1.29, 1.82) is 0 Å². The molecule has 0 unspecified atom stereocenters. The summed E-state index contributed by atoms with van der Waals surface area (Å²) in [4.78, 5) is 11.2. The van der Waals surface area contributed by atoms with Crippen LogP contribution >= 0.6 is 11.8 Å². The number of thioether (sulfide) groups is 1. The van der Waals surface area contributed by atoms with Gasteiger partial charge in [0.25, 0.3) is 0 Å². The van der Waals surface area contributed by atoms with Gasteiger partial charge in [-0.15, -0.1) is 0 Å². The lowest BCUT2D eigenvalue weighted by Gasteiger charge is -2.17. The molecule has 6 heteroatoms. The van der Waals surface area contributed by atoms with Crippen LogP contribution in [0.15, 0.2) is 53.9 Å². The molecule has 2 aromatic heterocycles. The third-order valence-electron chi connectivity index (χ3n) is 3.83. The molecule has 0 N–H and O–H groups in total. The van der Waals surface area contributed by atoms with Gasteiger partial charge in [-0.25, -0.2) is 9.97 Å². The highest BCUT2D eigenvalue weighted by atomic mass is 32.2. The van der Waals surface area contributed by atoms with Crippen molar-refractivity contribution < 1.29 is 4.74 Å². The fourth-order valence-corrected chi connectivity index (χ4v) is 3.60. The Morgan fingerprint density at radius 2 is 2.00 bits per heavy atom. The molecule has 0 aliphatic heterocycles. The molecule has 0 saturated heterocycles. The first kappa shape index (κ1) is 17.4. The van der Waals surface area contributed by atoms with Crippen molar-refractivity contribution in [2.75, 3.05) is 26.1 Å². The van der Waals surface area contributed by atoms with E-state index in [9.17, 15) is 0 Å². The Labute approximate surface area is 152 Å². The van der Waals surface area contributed by atoms with Crippen LogP contribution in [-0.2, 0) is 5.75 Å². The predicted molar refractivity (Wildman–Crippen MR) is 103 cm³/mol. The zero-order chi connectivity index (χ0) is 17.8. The highest BCUT2D eigenvalue weighted by Crippen LogP contribution is 2.28. The quantitative estimate of drug-likeness (QED) is 0.627. The van der Waals surface area contributed by atoms with E-state index in [4.69, 9.17) is 4.74 Å². The number of nitrogens with zero attached hydrogens (tertiary/aromatic N) is 4. The van der Waals surface area contributed by atoms with Crippen molar-refractivity contribution in [3.63, 3.8) is 0 Å². The van der Waals surface area contributed by atoms with Crippen molar-refractivity contribution in [2.24, 2.45) is 0 Å². The molecule has 3 rings (SSSR count). The van der Waals surface area contributed by atoms with E-state index >= 15 is 0 Å². The summed E-state index contributed by atoms with van der Waals surface area (Å²) >= 11 is 1.70. The Morgan fingerprint density at radius 3 is 2.76 bits per heavy atom. The monoisotopic (exact) mass is 354 g/mol. The number of para-hydroxylation sites is 1. The summed E-state index contributed by atoms with van der Waals surface area (Å²) in [7, 11) is 5.79.